The van der Waals surface area contributed by atoms with Crippen LogP contribution in [0.4, 0.5) is 16.4 Å². The average molecular weight is 508 g/mol. The number of nitrogens with zero attached hydrogens (tertiary/aromatic N) is 5. The van der Waals surface area contributed by atoms with Crippen molar-refractivity contribution >= 4 is 34.8 Å². The fourth-order valence-corrected chi connectivity index (χ4v) is 5.13. The van der Waals surface area contributed by atoms with Gasteiger partial charge in [0.1, 0.15) is 17.4 Å². The van der Waals surface area contributed by atoms with Gasteiger partial charge >= 0.3 is 6.09 Å². The van der Waals surface area contributed by atoms with Crippen molar-refractivity contribution in [3.63, 3.8) is 0 Å². The van der Waals surface area contributed by atoms with Crippen molar-refractivity contribution in [2.24, 2.45) is 0 Å². The number of anilines is 2. The summed E-state index contributed by atoms with van der Waals surface area (Å²) in [4.78, 5) is 51.4. The van der Waals surface area contributed by atoms with Gasteiger partial charge in [-0.15, -0.1) is 0 Å². The molecule has 1 aliphatic carbocycles. The number of hydrogen-bond donors (Lipinski definition) is 2. The van der Waals surface area contributed by atoms with Gasteiger partial charge in [0.15, 0.2) is 23.8 Å². The lowest BCUT2D eigenvalue weighted by Crippen LogP contribution is -2.46. The number of aromatic nitrogens is 4. The van der Waals surface area contributed by atoms with E-state index in [-0.39, 0.29) is 36.3 Å². The third-order valence-electron chi connectivity index (χ3n) is 6.89. The second kappa shape index (κ2) is 9.32. The molecule has 13 nitrogen and oxygen atoms in total. The summed E-state index contributed by atoms with van der Waals surface area (Å²) < 4.78 is 17.8. The minimum atomic E-state index is -0.457. The molecule has 0 radical (unpaired) electrons. The Morgan fingerprint density at radius 2 is 2.05 bits per heavy atom. The molecule has 3 aromatic heterocycles. The van der Waals surface area contributed by atoms with E-state index in [1.807, 2.05) is 0 Å². The molecule has 1 saturated heterocycles. The topological polar surface area (TPSA) is 150 Å². The highest BCUT2D eigenvalue weighted by Gasteiger charge is 2.46. The summed E-state index contributed by atoms with van der Waals surface area (Å²) in [5.41, 5.74) is 0.843. The molecule has 37 heavy (non-hydrogen) atoms. The van der Waals surface area contributed by atoms with E-state index in [2.05, 4.69) is 25.6 Å². The second-order valence-electron chi connectivity index (χ2n) is 9.12. The number of nitrogens with one attached hydrogen (secondary N) is 2. The van der Waals surface area contributed by atoms with Crippen molar-refractivity contribution < 1.29 is 23.8 Å². The lowest BCUT2D eigenvalue weighted by atomic mass is 9.88. The van der Waals surface area contributed by atoms with Gasteiger partial charge in [0, 0.05) is 31.6 Å². The van der Waals surface area contributed by atoms with Crippen LogP contribution in [0.1, 0.15) is 19.3 Å². The van der Waals surface area contributed by atoms with Crippen LogP contribution in [0.3, 0.4) is 0 Å². The van der Waals surface area contributed by atoms with E-state index < -0.39 is 6.09 Å². The van der Waals surface area contributed by atoms with Crippen LogP contribution in [0.15, 0.2) is 35.3 Å². The van der Waals surface area contributed by atoms with E-state index in [9.17, 15) is 14.4 Å². The standard InChI is InChI=1S/C24H25N7O6/c1-35-20-7-3-14-23(29-20)30(21(33)11-26-14)9-8-25-13-2-4-15-17(10-13)37-24(34)31(15)18-6-5-16-22(27-18)28-19(32)12-36-16/h3,5-7,11,13,15,17,25H,2,4,8-10,12H2,1H3,(H,27,28,32)/t13-,15-,17+/m0/s1. The van der Waals surface area contributed by atoms with E-state index in [0.717, 1.165) is 6.42 Å². The lowest BCUT2D eigenvalue weighted by Gasteiger charge is -2.33. The molecule has 2 amide bonds. The largest absolute Gasteiger partial charge is 0.481 e. The first-order valence-corrected chi connectivity index (χ1v) is 12.1. The average Bonchev–Trinajstić information content (AvgIpc) is 3.24. The Labute approximate surface area is 210 Å². The molecule has 3 aromatic rings. The Balaban J connectivity index is 1.11. The van der Waals surface area contributed by atoms with Gasteiger partial charge in [0.05, 0.1) is 19.3 Å². The van der Waals surface area contributed by atoms with Crippen LogP contribution in [0.25, 0.3) is 11.2 Å². The highest BCUT2D eigenvalue weighted by molar-refractivity contribution is 5.95. The Morgan fingerprint density at radius 1 is 1.16 bits per heavy atom. The van der Waals surface area contributed by atoms with Crippen LogP contribution in [-0.4, -0.2) is 70.0 Å². The van der Waals surface area contributed by atoms with Crippen molar-refractivity contribution in [2.75, 3.05) is 30.5 Å². The van der Waals surface area contributed by atoms with Crippen LogP contribution >= 0.6 is 0 Å². The van der Waals surface area contributed by atoms with Crippen molar-refractivity contribution in [1.82, 2.24) is 24.8 Å². The number of hydrogen-bond acceptors (Lipinski definition) is 10. The summed E-state index contributed by atoms with van der Waals surface area (Å²) in [6, 6.07) is 6.83. The van der Waals surface area contributed by atoms with Gasteiger partial charge < -0.3 is 24.8 Å². The Kier molecular flexibility index (Phi) is 5.83. The summed E-state index contributed by atoms with van der Waals surface area (Å²) in [5.74, 6) is 1.31. The van der Waals surface area contributed by atoms with Crippen LogP contribution in [0, 0.1) is 0 Å². The summed E-state index contributed by atoms with van der Waals surface area (Å²) in [7, 11) is 1.52. The molecule has 0 spiro atoms. The number of amides is 2. The monoisotopic (exact) mass is 507 g/mol. The molecule has 3 atom stereocenters. The van der Waals surface area contributed by atoms with Crippen LogP contribution in [0.2, 0.25) is 0 Å². The predicted octanol–water partition coefficient (Wildman–Crippen LogP) is 1.06. The summed E-state index contributed by atoms with van der Waals surface area (Å²) >= 11 is 0. The molecule has 2 N–H and O–H groups in total. The molecule has 6 rings (SSSR count). The molecule has 2 aliphatic heterocycles. The molecule has 1 saturated carbocycles. The van der Waals surface area contributed by atoms with E-state index >= 15 is 0 Å². The maximum Gasteiger partial charge on any atom is 0.416 e. The molecule has 5 heterocycles. The smallest absolute Gasteiger partial charge is 0.416 e. The Morgan fingerprint density at radius 3 is 2.92 bits per heavy atom. The zero-order chi connectivity index (χ0) is 25.5. The SMILES string of the molecule is COc1ccc2ncc(=O)n(CCN[C@H]3CC[C@H]4[C@@H](C3)OC(=O)N4c3ccc4c(n3)NC(=O)CO4)c2n1. The van der Waals surface area contributed by atoms with Gasteiger partial charge in [-0.2, -0.15) is 4.98 Å². The van der Waals surface area contributed by atoms with Crippen molar-refractivity contribution in [3.05, 3.63) is 40.8 Å². The fourth-order valence-electron chi connectivity index (χ4n) is 5.13. The summed E-state index contributed by atoms with van der Waals surface area (Å²) in [6.07, 6.45) is 2.71. The minimum Gasteiger partial charge on any atom is -0.481 e. The summed E-state index contributed by atoms with van der Waals surface area (Å²) in [6.45, 7) is 0.876. The third kappa shape index (κ3) is 4.31. The molecular formula is C24H25N7O6. The first-order valence-electron chi connectivity index (χ1n) is 12.1. The maximum atomic E-state index is 12.8. The van der Waals surface area contributed by atoms with Gasteiger partial charge in [-0.1, -0.05) is 0 Å². The van der Waals surface area contributed by atoms with Crippen molar-refractivity contribution in [3.8, 4) is 11.6 Å². The normalized spacial score (nSPS) is 22.6. The van der Waals surface area contributed by atoms with Crippen molar-refractivity contribution in [1.29, 1.82) is 0 Å². The molecule has 13 heteroatoms. The zero-order valence-corrected chi connectivity index (χ0v) is 20.0. The molecular weight excluding hydrogens is 482 g/mol. The third-order valence-corrected chi connectivity index (χ3v) is 6.89. The lowest BCUT2D eigenvalue weighted by molar-refractivity contribution is -0.118. The van der Waals surface area contributed by atoms with Gasteiger partial charge in [-0.3, -0.25) is 19.1 Å². The Bertz CT molecular complexity index is 1440. The number of rotatable bonds is 6. The molecule has 0 unspecified atom stereocenters. The van der Waals surface area contributed by atoms with E-state index in [1.165, 1.54) is 13.3 Å². The quantitative estimate of drug-likeness (QED) is 0.496. The van der Waals surface area contributed by atoms with E-state index in [1.54, 1.807) is 33.7 Å². The van der Waals surface area contributed by atoms with Gasteiger partial charge in [-0.25, -0.2) is 14.8 Å². The number of carbonyl (C=O) groups is 2. The zero-order valence-electron chi connectivity index (χ0n) is 20.0. The molecule has 192 valence electrons. The van der Waals surface area contributed by atoms with E-state index in [4.69, 9.17) is 14.2 Å². The maximum absolute atomic E-state index is 12.8. The number of ether oxygens (including phenoxy) is 3. The summed E-state index contributed by atoms with van der Waals surface area (Å²) in [5, 5.41) is 6.16. The molecule has 0 aromatic carbocycles. The van der Waals surface area contributed by atoms with Crippen molar-refractivity contribution in [2.45, 2.75) is 44.0 Å². The minimum absolute atomic E-state index is 0.0599. The van der Waals surface area contributed by atoms with Crippen LogP contribution < -0.4 is 30.6 Å². The highest BCUT2D eigenvalue weighted by Crippen LogP contribution is 2.37. The van der Waals surface area contributed by atoms with E-state index in [0.29, 0.717) is 60.4 Å². The molecule has 2 fully saturated rings. The number of methoxy groups -OCH3 is 1. The van der Waals surface area contributed by atoms with Gasteiger partial charge in [0.25, 0.3) is 11.5 Å². The second-order valence-corrected chi connectivity index (χ2v) is 9.12. The van der Waals surface area contributed by atoms with Gasteiger partial charge in [0.2, 0.25) is 5.88 Å². The first kappa shape index (κ1) is 23.2. The fraction of sp³-hybridized carbons (Fsp3) is 0.417. The first-order chi connectivity index (χ1) is 18.0. The number of pyridine rings is 2. The number of carbonyl (C=O) groups excluding carboxylic acids is 2. The molecule has 3 aliphatic rings. The Hall–Kier alpha value is -4.26. The van der Waals surface area contributed by atoms with Gasteiger partial charge in [-0.05, 0) is 31.0 Å². The van der Waals surface area contributed by atoms with Crippen LogP contribution in [-0.2, 0) is 16.1 Å². The highest BCUT2D eigenvalue weighted by atomic mass is 16.6. The predicted molar refractivity (Wildman–Crippen MR) is 131 cm³/mol. The molecule has 0 bridgehead atoms. The van der Waals surface area contributed by atoms with Crippen LogP contribution in [0.5, 0.6) is 11.6 Å². The number of fused-ring (bicyclic) bond motifs is 3.